The molecule has 8 heteroatoms. The standard InChI is InChI=1S/C27H29ClN6O/c1-32-13-15-33(16-14-32)12-11-29-27(35)23-17-25(21-5-3-2-4-6-21)31-26-24(23)18-30-34(26)19-20-7-9-22(28)10-8-20/h2-10,17-18H,11-16,19H2,1H3,(H,29,35). The Labute approximate surface area is 210 Å². The van der Waals surface area contributed by atoms with E-state index in [1.807, 2.05) is 65.3 Å². The number of piperazine rings is 1. The molecule has 0 unspecified atom stereocenters. The lowest BCUT2D eigenvalue weighted by atomic mass is 10.1. The summed E-state index contributed by atoms with van der Waals surface area (Å²) in [5.74, 6) is -0.102. The molecule has 1 aliphatic heterocycles. The summed E-state index contributed by atoms with van der Waals surface area (Å²) in [6.45, 7) is 6.17. The third-order valence-corrected chi connectivity index (χ3v) is 6.73. The Kier molecular flexibility index (Phi) is 7.08. The van der Waals surface area contributed by atoms with Gasteiger partial charge in [0.15, 0.2) is 5.65 Å². The summed E-state index contributed by atoms with van der Waals surface area (Å²) in [5.41, 5.74) is 4.05. The van der Waals surface area contributed by atoms with Gasteiger partial charge in [0.2, 0.25) is 0 Å². The Morgan fingerprint density at radius 3 is 2.51 bits per heavy atom. The fraction of sp³-hybridized carbons (Fsp3) is 0.296. The van der Waals surface area contributed by atoms with Gasteiger partial charge in [-0.15, -0.1) is 0 Å². The lowest BCUT2D eigenvalue weighted by Gasteiger charge is -2.32. The van der Waals surface area contributed by atoms with Gasteiger partial charge in [-0.1, -0.05) is 54.1 Å². The summed E-state index contributed by atoms with van der Waals surface area (Å²) in [7, 11) is 2.14. The van der Waals surface area contributed by atoms with Crippen molar-refractivity contribution in [2.24, 2.45) is 0 Å². The minimum Gasteiger partial charge on any atom is -0.351 e. The summed E-state index contributed by atoms with van der Waals surface area (Å²) in [6.07, 6.45) is 1.74. The van der Waals surface area contributed by atoms with Crippen molar-refractivity contribution in [3.8, 4) is 11.3 Å². The maximum atomic E-state index is 13.3. The first-order valence-corrected chi connectivity index (χ1v) is 12.3. The highest BCUT2D eigenvalue weighted by molar-refractivity contribution is 6.30. The maximum Gasteiger partial charge on any atom is 0.252 e. The molecule has 5 rings (SSSR count). The quantitative estimate of drug-likeness (QED) is 0.429. The zero-order valence-electron chi connectivity index (χ0n) is 19.8. The normalized spacial score (nSPS) is 14.9. The van der Waals surface area contributed by atoms with E-state index in [-0.39, 0.29) is 5.91 Å². The molecule has 0 radical (unpaired) electrons. The largest absolute Gasteiger partial charge is 0.351 e. The average molecular weight is 489 g/mol. The number of rotatable bonds is 7. The molecule has 35 heavy (non-hydrogen) atoms. The van der Waals surface area contributed by atoms with Crippen molar-refractivity contribution >= 4 is 28.5 Å². The molecule has 1 saturated heterocycles. The van der Waals surface area contributed by atoms with Crippen LogP contribution < -0.4 is 5.32 Å². The molecule has 1 N–H and O–H groups in total. The lowest BCUT2D eigenvalue weighted by Crippen LogP contribution is -2.46. The van der Waals surface area contributed by atoms with E-state index in [1.165, 1.54) is 0 Å². The van der Waals surface area contributed by atoms with E-state index >= 15 is 0 Å². The predicted octanol–water partition coefficient (Wildman–Crippen LogP) is 3.78. The second kappa shape index (κ2) is 10.6. The van der Waals surface area contributed by atoms with Crippen LogP contribution in [0, 0.1) is 0 Å². The van der Waals surface area contributed by atoms with Crippen molar-refractivity contribution in [1.82, 2.24) is 29.9 Å². The minimum absolute atomic E-state index is 0.102. The van der Waals surface area contributed by atoms with Crippen molar-refractivity contribution in [3.05, 3.63) is 83.0 Å². The summed E-state index contributed by atoms with van der Waals surface area (Å²) < 4.78 is 1.84. The number of benzene rings is 2. The highest BCUT2D eigenvalue weighted by atomic mass is 35.5. The summed E-state index contributed by atoms with van der Waals surface area (Å²) >= 11 is 6.05. The topological polar surface area (TPSA) is 66.3 Å². The molecule has 0 saturated carbocycles. The summed E-state index contributed by atoms with van der Waals surface area (Å²) in [6, 6.07) is 19.5. The first-order valence-electron chi connectivity index (χ1n) is 11.9. The number of nitrogens with zero attached hydrogens (tertiary/aromatic N) is 5. The predicted molar refractivity (Wildman–Crippen MR) is 140 cm³/mol. The van der Waals surface area contributed by atoms with Crippen LogP contribution in [-0.2, 0) is 6.54 Å². The molecule has 180 valence electrons. The number of likely N-dealkylation sites (N-methyl/N-ethyl adjacent to an activating group) is 1. The van der Waals surface area contributed by atoms with Crippen LogP contribution in [0.2, 0.25) is 5.02 Å². The number of nitrogens with one attached hydrogen (secondary N) is 1. The van der Waals surface area contributed by atoms with Crippen LogP contribution >= 0.6 is 11.6 Å². The molecule has 0 bridgehead atoms. The number of carbonyl (C=O) groups excluding carboxylic acids is 1. The number of pyridine rings is 1. The molecule has 2 aromatic carbocycles. The van der Waals surface area contributed by atoms with E-state index in [0.29, 0.717) is 29.3 Å². The van der Waals surface area contributed by atoms with Gasteiger partial charge in [-0.3, -0.25) is 9.69 Å². The van der Waals surface area contributed by atoms with Crippen molar-refractivity contribution in [2.75, 3.05) is 46.3 Å². The molecule has 3 heterocycles. The smallest absolute Gasteiger partial charge is 0.252 e. The molecule has 0 atom stereocenters. The molecule has 1 amide bonds. The molecule has 7 nitrogen and oxygen atoms in total. The highest BCUT2D eigenvalue weighted by Gasteiger charge is 2.19. The Morgan fingerprint density at radius 2 is 1.77 bits per heavy atom. The molecular formula is C27H29ClN6O. The van der Waals surface area contributed by atoms with E-state index in [9.17, 15) is 4.79 Å². The summed E-state index contributed by atoms with van der Waals surface area (Å²) in [4.78, 5) is 22.9. The Morgan fingerprint density at radius 1 is 1.03 bits per heavy atom. The van der Waals surface area contributed by atoms with Crippen LogP contribution in [0.15, 0.2) is 66.9 Å². The van der Waals surface area contributed by atoms with Crippen molar-refractivity contribution in [1.29, 1.82) is 0 Å². The highest BCUT2D eigenvalue weighted by Crippen LogP contribution is 2.25. The number of hydrogen-bond acceptors (Lipinski definition) is 5. The van der Waals surface area contributed by atoms with E-state index in [2.05, 4.69) is 27.3 Å². The van der Waals surface area contributed by atoms with Crippen molar-refractivity contribution < 1.29 is 4.79 Å². The number of aromatic nitrogens is 3. The van der Waals surface area contributed by atoms with Gasteiger partial charge in [0.25, 0.3) is 5.91 Å². The SMILES string of the molecule is CN1CCN(CCNC(=O)c2cc(-c3ccccc3)nc3c2cnn3Cc2ccc(Cl)cc2)CC1. The molecule has 1 fully saturated rings. The average Bonchev–Trinajstić information content (AvgIpc) is 3.29. The molecule has 1 aliphatic rings. The third-order valence-electron chi connectivity index (χ3n) is 6.48. The number of carbonyl (C=O) groups is 1. The molecule has 4 aromatic rings. The fourth-order valence-electron chi connectivity index (χ4n) is 4.37. The minimum atomic E-state index is -0.102. The van der Waals surface area contributed by atoms with Crippen LogP contribution in [0.3, 0.4) is 0 Å². The van der Waals surface area contributed by atoms with Crippen LogP contribution in [0.25, 0.3) is 22.3 Å². The third kappa shape index (κ3) is 5.53. The van der Waals surface area contributed by atoms with Crippen molar-refractivity contribution in [2.45, 2.75) is 6.54 Å². The molecule has 2 aromatic heterocycles. The van der Waals surface area contributed by atoms with E-state index in [4.69, 9.17) is 16.6 Å². The number of halogens is 1. The van der Waals surface area contributed by atoms with Crippen LogP contribution in [0.5, 0.6) is 0 Å². The van der Waals surface area contributed by atoms with Crippen LogP contribution in [0.1, 0.15) is 15.9 Å². The number of amides is 1. The van der Waals surface area contributed by atoms with Crippen LogP contribution in [0.4, 0.5) is 0 Å². The van der Waals surface area contributed by atoms with Gasteiger partial charge in [0, 0.05) is 49.9 Å². The molecule has 0 spiro atoms. The van der Waals surface area contributed by atoms with Crippen molar-refractivity contribution in [3.63, 3.8) is 0 Å². The Bertz CT molecular complexity index is 1300. The lowest BCUT2D eigenvalue weighted by molar-refractivity contribution is 0.0942. The van der Waals surface area contributed by atoms with Gasteiger partial charge in [0.05, 0.1) is 29.4 Å². The van der Waals surface area contributed by atoms with E-state index in [0.717, 1.165) is 54.9 Å². The number of hydrogen-bond donors (Lipinski definition) is 1. The number of fused-ring (bicyclic) bond motifs is 1. The van der Waals surface area contributed by atoms with Crippen LogP contribution in [-0.4, -0.2) is 76.8 Å². The Hall–Kier alpha value is -3.26. The van der Waals surface area contributed by atoms with E-state index < -0.39 is 0 Å². The first-order chi connectivity index (χ1) is 17.1. The zero-order chi connectivity index (χ0) is 24.2. The van der Waals surface area contributed by atoms with Gasteiger partial charge in [-0.25, -0.2) is 9.67 Å². The van der Waals surface area contributed by atoms with Gasteiger partial charge < -0.3 is 10.2 Å². The second-order valence-corrected chi connectivity index (χ2v) is 9.42. The molecular weight excluding hydrogens is 460 g/mol. The van der Waals surface area contributed by atoms with Gasteiger partial charge in [-0.2, -0.15) is 5.10 Å². The zero-order valence-corrected chi connectivity index (χ0v) is 20.6. The van der Waals surface area contributed by atoms with Gasteiger partial charge >= 0.3 is 0 Å². The maximum absolute atomic E-state index is 13.3. The van der Waals surface area contributed by atoms with E-state index in [1.54, 1.807) is 6.20 Å². The second-order valence-electron chi connectivity index (χ2n) is 8.99. The van der Waals surface area contributed by atoms with Gasteiger partial charge in [0.1, 0.15) is 0 Å². The Balaban J connectivity index is 1.42. The molecule has 0 aliphatic carbocycles. The summed E-state index contributed by atoms with van der Waals surface area (Å²) in [5, 5.41) is 9.14. The first kappa shape index (κ1) is 23.5. The monoisotopic (exact) mass is 488 g/mol. The van der Waals surface area contributed by atoms with Gasteiger partial charge in [-0.05, 0) is 30.8 Å². The fourth-order valence-corrected chi connectivity index (χ4v) is 4.49.